The Balaban J connectivity index is 1.46. The molecule has 1 aromatic carbocycles. The molecule has 188 valence electrons. The molecule has 0 aromatic heterocycles. The van der Waals surface area contributed by atoms with Crippen LogP contribution in [0.15, 0.2) is 40.5 Å². The largest absolute Gasteiger partial charge is 0.444 e. The number of nitrogens with zero attached hydrogens (tertiary/aromatic N) is 3. The topological polar surface area (TPSA) is 101 Å². The molecule has 2 fully saturated rings. The molecular weight excluding hydrogens is 440 g/mol. The predicted molar refractivity (Wildman–Crippen MR) is 136 cm³/mol. The lowest BCUT2D eigenvalue weighted by atomic mass is 9.54. The summed E-state index contributed by atoms with van der Waals surface area (Å²) in [5, 5.41) is 10.0. The number of ether oxygens (including phenoxy) is 2. The third-order valence-electron chi connectivity index (χ3n) is 7.56. The summed E-state index contributed by atoms with van der Waals surface area (Å²) in [5.41, 5.74) is 10.2. The standard InChI is InChI=1S/C28H38N4O3/c1-27(2,3)35-26(33)32-13-5-11-28(18-32)14-21(15-28)22-10-12-31-25(23(16-29)24(22)30)20-8-6-19(7-9-20)17-34-4/h6-9,21-22H,5,10-15,17-18,30H2,1-4H3. The highest BCUT2D eigenvalue weighted by Gasteiger charge is 2.50. The average Bonchev–Trinajstić information content (AvgIpc) is 2.95. The van der Waals surface area contributed by atoms with E-state index < -0.39 is 5.60 Å². The molecular formula is C28H38N4O3. The lowest BCUT2D eigenvalue weighted by molar-refractivity contribution is -0.0497. The summed E-state index contributed by atoms with van der Waals surface area (Å²) in [7, 11) is 1.67. The number of carbonyl (C=O) groups is 1. The van der Waals surface area contributed by atoms with Crippen LogP contribution in [-0.2, 0) is 16.1 Å². The first-order valence-corrected chi connectivity index (χ1v) is 12.7. The van der Waals surface area contributed by atoms with Gasteiger partial charge in [0.1, 0.15) is 11.7 Å². The lowest BCUT2D eigenvalue weighted by Gasteiger charge is -2.55. The zero-order chi connectivity index (χ0) is 25.2. The Morgan fingerprint density at radius 1 is 1.29 bits per heavy atom. The van der Waals surface area contributed by atoms with Crippen molar-refractivity contribution >= 4 is 11.8 Å². The van der Waals surface area contributed by atoms with Gasteiger partial charge in [0.25, 0.3) is 0 Å². The maximum absolute atomic E-state index is 12.7. The molecule has 2 aliphatic heterocycles. The zero-order valence-corrected chi connectivity index (χ0v) is 21.5. The molecule has 1 amide bonds. The molecule has 35 heavy (non-hydrogen) atoms. The highest BCUT2D eigenvalue weighted by atomic mass is 16.6. The summed E-state index contributed by atoms with van der Waals surface area (Å²) in [6.45, 7) is 8.42. The van der Waals surface area contributed by atoms with Gasteiger partial charge in [-0.05, 0) is 69.8 Å². The van der Waals surface area contributed by atoms with Crippen LogP contribution in [0, 0.1) is 28.6 Å². The minimum Gasteiger partial charge on any atom is -0.444 e. The van der Waals surface area contributed by atoms with E-state index in [2.05, 4.69) is 6.07 Å². The minimum atomic E-state index is -0.487. The van der Waals surface area contributed by atoms with Gasteiger partial charge in [0.2, 0.25) is 0 Å². The maximum atomic E-state index is 12.7. The molecule has 1 saturated carbocycles. The van der Waals surface area contributed by atoms with E-state index in [4.69, 9.17) is 20.2 Å². The number of rotatable bonds is 4. The van der Waals surface area contributed by atoms with Crippen LogP contribution in [0.25, 0.3) is 0 Å². The number of allylic oxidation sites excluding steroid dienone is 2. The summed E-state index contributed by atoms with van der Waals surface area (Å²) in [5.74, 6) is 0.553. The van der Waals surface area contributed by atoms with Crippen molar-refractivity contribution in [2.75, 3.05) is 26.7 Å². The van der Waals surface area contributed by atoms with E-state index >= 15 is 0 Å². The van der Waals surface area contributed by atoms with E-state index in [1.165, 1.54) is 0 Å². The molecule has 1 aliphatic carbocycles. The fourth-order valence-corrected chi connectivity index (χ4v) is 6.00. The van der Waals surface area contributed by atoms with E-state index in [0.717, 1.165) is 56.3 Å². The van der Waals surface area contributed by atoms with Crippen LogP contribution in [0.5, 0.6) is 0 Å². The van der Waals surface area contributed by atoms with Crippen LogP contribution in [0.3, 0.4) is 0 Å². The van der Waals surface area contributed by atoms with Gasteiger partial charge in [-0.1, -0.05) is 24.3 Å². The minimum absolute atomic E-state index is 0.139. The Morgan fingerprint density at radius 2 is 2.00 bits per heavy atom. The summed E-state index contributed by atoms with van der Waals surface area (Å²) < 4.78 is 10.8. The van der Waals surface area contributed by atoms with Gasteiger partial charge >= 0.3 is 6.09 Å². The smallest absolute Gasteiger partial charge is 0.410 e. The Kier molecular flexibility index (Phi) is 7.23. The van der Waals surface area contributed by atoms with Crippen LogP contribution < -0.4 is 5.73 Å². The quantitative estimate of drug-likeness (QED) is 0.669. The fraction of sp³-hybridized carbons (Fsp3) is 0.607. The third-order valence-corrected chi connectivity index (χ3v) is 7.56. The van der Waals surface area contributed by atoms with Crippen molar-refractivity contribution in [2.45, 2.75) is 65.1 Å². The zero-order valence-electron chi connectivity index (χ0n) is 21.5. The first-order valence-electron chi connectivity index (χ1n) is 12.7. The van der Waals surface area contributed by atoms with Gasteiger partial charge in [-0.2, -0.15) is 5.26 Å². The van der Waals surface area contributed by atoms with Crippen molar-refractivity contribution < 1.29 is 14.3 Å². The highest BCUT2D eigenvalue weighted by molar-refractivity contribution is 6.15. The number of methoxy groups -OCH3 is 1. The Bertz CT molecular complexity index is 1040. The molecule has 0 radical (unpaired) electrons. The normalized spacial score (nSPS) is 27.1. The molecule has 1 atom stereocenters. The van der Waals surface area contributed by atoms with Gasteiger partial charge in [0.05, 0.1) is 17.9 Å². The van der Waals surface area contributed by atoms with Crippen LogP contribution in [-0.4, -0.2) is 49.0 Å². The van der Waals surface area contributed by atoms with E-state index in [1.54, 1.807) is 7.11 Å². The molecule has 2 heterocycles. The summed E-state index contributed by atoms with van der Waals surface area (Å²) in [6.07, 6.45) is 4.81. The number of aliphatic imine (C=N–C) groups is 1. The summed E-state index contributed by atoms with van der Waals surface area (Å²) >= 11 is 0. The number of nitrogens with two attached hydrogens (primary N) is 1. The van der Waals surface area contributed by atoms with Crippen LogP contribution in [0.2, 0.25) is 0 Å². The van der Waals surface area contributed by atoms with Crippen molar-refractivity contribution in [1.82, 2.24) is 4.90 Å². The second kappa shape index (κ2) is 10.0. The van der Waals surface area contributed by atoms with E-state index in [9.17, 15) is 10.1 Å². The number of carbonyl (C=O) groups excluding carboxylic acids is 1. The van der Waals surface area contributed by atoms with Crippen molar-refractivity contribution in [3.63, 3.8) is 0 Å². The first-order chi connectivity index (χ1) is 16.6. The second-order valence-corrected chi connectivity index (χ2v) is 11.4. The number of benzene rings is 1. The maximum Gasteiger partial charge on any atom is 0.410 e. The molecule has 1 saturated heterocycles. The molecule has 7 heteroatoms. The van der Waals surface area contributed by atoms with Gasteiger partial charge in [0.15, 0.2) is 0 Å². The highest BCUT2D eigenvalue weighted by Crippen LogP contribution is 2.55. The Morgan fingerprint density at radius 3 is 2.63 bits per heavy atom. The van der Waals surface area contributed by atoms with Crippen molar-refractivity contribution in [3.8, 4) is 6.07 Å². The predicted octanol–water partition coefficient (Wildman–Crippen LogP) is 4.81. The van der Waals surface area contributed by atoms with Gasteiger partial charge in [-0.15, -0.1) is 0 Å². The van der Waals surface area contributed by atoms with Crippen molar-refractivity contribution in [2.24, 2.45) is 28.0 Å². The van der Waals surface area contributed by atoms with Crippen LogP contribution in [0.4, 0.5) is 4.79 Å². The number of nitriles is 1. The Labute approximate surface area is 209 Å². The Hall–Kier alpha value is -2.85. The number of hydrogen-bond donors (Lipinski definition) is 1. The molecule has 1 aromatic rings. The lowest BCUT2D eigenvalue weighted by Crippen LogP contribution is -2.54. The summed E-state index contributed by atoms with van der Waals surface area (Å²) in [6, 6.07) is 10.3. The van der Waals surface area contributed by atoms with Crippen LogP contribution in [0.1, 0.15) is 64.0 Å². The third kappa shape index (κ3) is 5.54. The average molecular weight is 479 g/mol. The SMILES string of the molecule is COCc1ccc(C2=NCCC(C3CC4(CCCN(C(=O)OC(C)(C)C)C4)C3)C(N)=C2C#N)cc1. The second-order valence-electron chi connectivity index (χ2n) is 11.4. The van der Waals surface area contributed by atoms with Crippen molar-refractivity contribution in [3.05, 3.63) is 46.7 Å². The van der Waals surface area contributed by atoms with Gasteiger partial charge in [-0.3, -0.25) is 4.99 Å². The number of amides is 1. The molecule has 0 bridgehead atoms. The number of likely N-dealkylation sites (tertiary alicyclic amines) is 1. The molecule has 7 nitrogen and oxygen atoms in total. The molecule has 2 N–H and O–H groups in total. The van der Waals surface area contributed by atoms with Crippen molar-refractivity contribution in [1.29, 1.82) is 5.26 Å². The van der Waals surface area contributed by atoms with E-state index in [1.807, 2.05) is 49.9 Å². The van der Waals surface area contributed by atoms with Gasteiger partial charge < -0.3 is 20.1 Å². The monoisotopic (exact) mass is 478 g/mol. The van der Waals surface area contributed by atoms with Gasteiger partial charge in [0, 0.05) is 43.9 Å². The molecule has 1 unspecified atom stereocenters. The van der Waals surface area contributed by atoms with Gasteiger partial charge in [-0.25, -0.2) is 4.79 Å². The molecule has 4 rings (SSSR count). The number of hydrogen-bond acceptors (Lipinski definition) is 6. The number of piperidine rings is 1. The first kappa shape index (κ1) is 25.2. The molecule has 3 aliphatic rings. The fourth-order valence-electron chi connectivity index (χ4n) is 6.00. The van der Waals surface area contributed by atoms with Crippen LogP contribution >= 0.6 is 0 Å². The summed E-state index contributed by atoms with van der Waals surface area (Å²) in [4.78, 5) is 19.3. The van der Waals surface area contributed by atoms with E-state index in [0.29, 0.717) is 36.1 Å². The molecule has 1 spiro atoms. The van der Waals surface area contributed by atoms with E-state index in [-0.39, 0.29) is 17.4 Å².